The van der Waals surface area contributed by atoms with Gasteiger partial charge in [-0.2, -0.15) is 0 Å². The number of rotatable bonds is 6. The number of anilines is 2. The number of carbonyl (C=O) groups excluding carboxylic acids is 3. The molecule has 2 N–H and O–H groups in total. The summed E-state index contributed by atoms with van der Waals surface area (Å²) in [7, 11) is 1.55. The van der Waals surface area contributed by atoms with E-state index in [2.05, 4.69) is 10.6 Å². The standard InChI is InChI=1S/C20H27N3O4/c1-13(21-20(26)14-6-3-4-7-14)19(25)22-15-9-10-17(27-2)16(12-15)23-11-5-8-18(23)24/h9-10,12-14H,3-8,11H2,1-2H3,(H,21,26)(H,22,25)/t13-/m0/s1. The summed E-state index contributed by atoms with van der Waals surface area (Å²) in [5.74, 6) is 0.326. The molecule has 2 aliphatic rings. The van der Waals surface area contributed by atoms with Gasteiger partial charge in [0.1, 0.15) is 11.8 Å². The quantitative estimate of drug-likeness (QED) is 0.802. The normalized spacial score (nSPS) is 18.4. The number of methoxy groups -OCH3 is 1. The van der Waals surface area contributed by atoms with Crippen LogP contribution in [0.5, 0.6) is 5.75 Å². The molecule has 0 spiro atoms. The Kier molecular flexibility index (Phi) is 5.98. The second-order valence-corrected chi connectivity index (χ2v) is 7.24. The zero-order valence-corrected chi connectivity index (χ0v) is 15.9. The number of amides is 3. The highest BCUT2D eigenvalue weighted by Crippen LogP contribution is 2.34. The van der Waals surface area contributed by atoms with Crippen molar-refractivity contribution in [1.29, 1.82) is 0 Å². The number of benzene rings is 1. The van der Waals surface area contributed by atoms with Gasteiger partial charge in [0.05, 0.1) is 12.8 Å². The highest BCUT2D eigenvalue weighted by molar-refractivity contribution is 6.00. The lowest BCUT2D eigenvalue weighted by molar-refractivity contribution is -0.128. The first-order valence-electron chi connectivity index (χ1n) is 9.59. The maximum absolute atomic E-state index is 12.5. The zero-order valence-electron chi connectivity index (χ0n) is 15.9. The van der Waals surface area contributed by atoms with Gasteiger partial charge in [-0.25, -0.2) is 0 Å². The van der Waals surface area contributed by atoms with E-state index in [0.717, 1.165) is 32.1 Å². The van der Waals surface area contributed by atoms with E-state index in [1.165, 1.54) is 0 Å². The Labute approximate surface area is 159 Å². The van der Waals surface area contributed by atoms with Gasteiger partial charge < -0.3 is 20.3 Å². The van der Waals surface area contributed by atoms with Gasteiger partial charge in [0.2, 0.25) is 17.7 Å². The molecule has 3 amide bonds. The largest absolute Gasteiger partial charge is 0.495 e. The second kappa shape index (κ2) is 8.41. The molecule has 1 saturated carbocycles. The van der Waals surface area contributed by atoms with E-state index >= 15 is 0 Å². The minimum Gasteiger partial charge on any atom is -0.495 e. The number of ether oxygens (including phenoxy) is 1. The van der Waals surface area contributed by atoms with Crippen molar-refractivity contribution in [2.24, 2.45) is 5.92 Å². The lowest BCUT2D eigenvalue weighted by Gasteiger charge is -2.21. The Morgan fingerprint density at radius 2 is 1.96 bits per heavy atom. The molecule has 27 heavy (non-hydrogen) atoms. The van der Waals surface area contributed by atoms with Crippen LogP contribution in [-0.2, 0) is 14.4 Å². The summed E-state index contributed by atoms with van der Waals surface area (Å²) in [5, 5.41) is 5.62. The molecular formula is C20H27N3O4. The Morgan fingerprint density at radius 3 is 2.59 bits per heavy atom. The van der Waals surface area contributed by atoms with Crippen LogP contribution in [0.2, 0.25) is 0 Å². The topological polar surface area (TPSA) is 87.7 Å². The van der Waals surface area contributed by atoms with Crippen molar-refractivity contribution in [2.45, 2.75) is 51.5 Å². The molecule has 146 valence electrons. The Hall–Kier alpha value is -2.57. The lowest BCUT2D eigenvalue weighted by atomic mass is 10.1. The fraction of sp³-hybridized carbons (Fsp3) is 0.550. The van der Waals surface area contributed by atoms with E-state index in [4.69, 9.17) is 4.74 Å². The maximum Gasteiger partial charge on any atom is 0.246 e. The molecule has 7 nitrogen and oxygen atoms in total. The third kappa shape index (κ3) is 4.40. The van der Waals surface area contributed by atoms with E-state index in [-0.39, 0.29) is 23.6 Å². The summed E-state index contributed by atoms with van der Waals surface area (Å²) in [4.78, 5) is 38.4. The number of hydrogen-bond acceptors (Lipinski definition) is 4. The van der Waals surface area contributed by atoms with Crippen molar-refractivity contribution in [3.05, 3.63) is 18.2 Å². The van der Waals surface area contributed by atoms with Gasteiger partial charge in [-0.1, -0.05) is 12.8 Å². The first kappa shape index (κ1) is 19.2. The van der Waals surface area contributed by atoms with Crippen molar-refractivity contribution < 1.29 is 19.1 Å². The lowest BCUT2D eigenvalue weighted by Crippen LogP contribution is -2.43. The minimum atomic E-state index is -0.628. The zero-order chi connectivity index (χ0) is 19.4. The van der Waals surface area contributed by atoms with Gasteiger partial charge >= 0.3 is 0 Å². The van der Waals surface area contributed by atoms with Crippen LogP contribution in [0.4, 0.5) is 11.4 Å². The number of nitrogens with one attached hydrogen (secondary N) is 2. The molecule has 1 aromatic rings. The van der Waals surface area contributed by atoms with E-state index < -0.39 is 6.04 Å². The van der Waals surface area contributed by atoms with Gasteiger partial charge in [0, 0.05) is 24.6 Å². The number of nitrogens with zero attached hydrogens (tertiary/aromatic N) is 1. The molecule has 1 aromatic carbocycles. The van der Waals surface area contributed by atoms with Crippen LogP contribution >= 0.6 is 0 Å². The smallest absolute Gasteiger partial charge is 0.246 e. The first-order valence-corrected chi connectivity index (χ1v) is 9.59. The van der Waals surface area contributed by atoms with E-state index in [1.807, 2.05) is 0 Å². The van der Waals surface area contributed by atoms with Crippen LogP contribution in [0.1, 0.15) is 45.4 Å². The van der Waals surface area contributed by atoms with Crippen molar-refractivity contribution >= 4 is 29.1 Å². The second-order valence-electron chi connectivity index (χ2n) is 7.24. The Morgan fingerprint density at radius 1 is 1.22 bits per heavy atom. The average molecular weight is 373 g/mol. The Bertz CT molecular complexity index is 728. The number of carbonyl (C=O) groups is 3. The monoisotopic (exact) mass is 373 g/mol. The van der Waals surface area contributed by atoms with Gasteiger partial charge in [-0.05, 0) is 44.4 Å². The van der Waals surface area contributed by atoms with Crippen LogP contribution < -0.4 is 20.3 Å². The molecule has 0 unspecified atom stereocenters. The predicted octanol–water partition coefficient (Wildman–Crippen LogP) is 2.46. The summed E-state index contributed by atoms with van der Waals surface area (Å²) in [5.41, 5.74) is 1.22. The molecule has 1 saturated heterocycles. The Balaban J connectivity index is 1.66. The SMILES string of the molecule is COc1ccc(NC(=O)[C@H](C)NC(=O)C2CCCC2)cc1N1CCCC1=O. The molecule has 7 heteroatoms. The van der Waals surface area contributed by atoms with Crippen LogP contribution in [0, 0.1) is 5.92 Å². The summed E-state index contributed by atoms with van der Waals surface area (Å²) in [6.07, 6.45) is 5.26. The fourth-order valence-corrected chi connectivity index (χ4v) is 3.72. The molecule has 0 aromatic heterocycles. The minimum absolute atomic E-state index is 0.0222. The molecule has 0 radical (unpaired) electrons. The third-order valence-electron chi connectivity index (χ3n) is 5.29. The van der Waals surface area contributed by atoms with Gasteiger partial charge in [-0.3, -0.25) is 14.4 Å². The molecule has 3 rings (SSSR count). The fourth-order valence-electron chi connectivity index (χ4n) is 3.72. The van der Waals surface area contributed by atoms with Crippen LogP contribution in [0.3, 0.4) is 0 Å². The van der Waals surface area contributed by atoms with E-state index in [9.17, 15) is 14.4 Å². The number of hydrogen-bond donors (Lipinski definition) is 2. The van der Waals surface area contributed by atoms with Crippen molar-refractivity contribution in [3.8, 4) is 5.75 Å². The van der Waals surface area contributed by atoms with Crippen molar-refractivity contribution in [2.75, 3.05) is 23.9 Å². The van der Waals surface area contributed by atoms with E-state index in [1.54, 1.807) is 37.1 Å². The van der Waals surface area contributed by atoms with Crippen LogP contribution in [0.25, 0.3) is 0 Å². The van der Waals surface area contributed by atoms with Crippen LogP contribution in [-0.4, -0.2) is 37.4 Å². The molecule has 1 heterocycles. The molecule has 1 aliphatic heterocycles. The maximum atomic E-state index is 12.5. The molecule has 0 bridgehead atoms. The van der Waals surface area contributed by atoms with Gasteiger partial charge in [-0.15, -0.1) is 0 Å². The molecule has 1 aliphatic carbocycles. The highest BCUT2D eigenvalue weighted by atomic mass is 16.5. The van der Waals surface area contributed by atoms with Crippen molar-refractivity contribution in [3.63, 3.8) is 0 Å². The average Bonchev–Trinajstić information content (AvgIpc) is 3.33. The third-order valence-corrected chi connectivity index (χ3v) is 5.29. The van der Waals surface area contributed by atoms with Gasteiger partial charge in [0.15, 0.2) is 0 Å². The van der Waals surface area contributed by atoms with E-state index in [0.29, 0.717) is 30.1 Å². The van der Waals surface area contributed by atoms with Crippen LogP contribution in [0.15, 0.2) is 18.2 Å². The van der Waals surface area contributed by atoms with Crippen molar-refractivity contribution in [1.82, 2.24) is 5.32 Å². The predicted molar refractivity (Wildman–Crippen MR) is 103 cm³/mol. The molecule has 2 fully saturated rings. The summed E-state index contributed by atoms with van der Waals surface area (Å²) >= 11 is 0. The van der Waals surface area contributed by atoms with Gasteiger partial charge in [0.25, 0.3) is 0 Å². The molecular weight excluding hydrogens is 346 g/mol. The summed E-state index contributed by atoms with van der Waals surface area (Å²) < 4.78 is 5.36. The summed E-state index contributed by atoms with van der Waals surface area (Å²) in [6.45, 7) is 2.32. The summed E-state index contributed by atoms with van der Waals surface area (Å²) in [6, 6.07) is 4.58. The molecule has 1 atom stereocenters. The first-order chi connectivity index (χ1) is 13.0. The highest BCUT2D eigenvalue weighted by Gasteiger charge is 2.27.